The summed E-state index contributed by atoms with van der Waals surface area (Å²) in [4.78, 5) is 0.447. The monoisotopic (exact) mass is 252 g/mol. The highest BCUT2D eigenvalue weighted by Gasteiger charge is 2.00. The molecular formula is C13H17Br. The lowest BCUT2D eigenvalue weighted by atomic mass is 10.0. The zero-order valence-electron chi connectivity index (χ0n) is 9.26. The van der Waals surface area contributed by atoms with Crippen molar-refractivity contribution in [3.63, 3.8) is 0 Å². The molecule has 1 rings (SSSR count). The lowest BCUT2D eigenvalue weighted by Gasteiger charge is -2.06. The van der Waals surface area contributed by atoms with E-state index in [9.17, 15) is 0 Å². The van der Waals surface area contributed by atoms with Crippen molar-refractivity contribution in [2.24, 2.45) is 0 Å². The van der Waals surface area contributed by atoms with Gasteiger partial charge in [-0.1, -0.05) is 51.3 Å². The summed E-state index contributed by atoms with van der Waals surface area (Å²) in [6.07, 6.45) is 2.25. The number of rotatable bonds is 2. The molecule has 0 bridgehead atoms. The summed E-state index contributed by atoms with van der Waals surface area (Å²) < 4.78 is 0. The number of allylic oxidation sites excluding steroid dienone is 1. The Labute approximate surface area is 95.2 Å². The fourth-order valence-corrected chi connectivity index (χ4v) is 1.41. The van der Waals surface area contributed by atoms with Crippen LogP contribution in [0.4, 0.5) is 0 Å². The van der Waals surface area contributed by atoms with E-state index in [1.54, 1.807) is 0 Å². The standard InChI is InChI=1S/C13H17Br/c1-9-5-6-10(2)13(7-9)8-11(3)12(4)14/h5-8,12H,1-4H3/b11-8+. The van der Waals surface area contributed by atoms with Gasteiger partial charge in [0.2, 0.25) is 0 Å². The van der Waals surface area contributed by atoms with Gasteiger partial charge in [0.1, 0.15) is 0 Å². The summed E-state index contributed by atoms with van der Waals surface area (Å²) in [6.45, 7) is 8.58. The van der Waals surface area contributed by atoms with Gasteiger partial charge in [-0.25, -0.2) is 0 Å². The van der Waals surface area contributed by atoms with E-state index in [2.05, 4.69) is 67.9 Å². The van der Waals surface area contributed by atoms with E-state index in [1.807, 2.05) is 0 Å². The van der Waals surface area contributed by atoms with Gasteiger partial charge in [0.05, 0.1) is 0 Å². The Bertz CT molecular complexity index is 348. The van der Waals surface area contributed by atoms with E-state index in [0.29, 0.717) is 4.83 Å². The molecule has 1 aromatic carbocycles. The van der Waals surface area contributed by atoms with Crippen molar-refractivity contribution in [1.82, 2.24) is 0 Å². The van der Waals surface area contributed by atoms with Gasteiger partial charge in [-0.2, -0.15) is 0 Å². The molecule has 1 aromatic rings. The molecule has 1 unspecified atom stereocenters. The smallest absolute Gasteiger partial charge is 0.0326 e. The Morgan fingerprint density at radius 3 is 2.57 bits per heavy atom. The Morgan fingerprint density at radius 2 is 2.00 bits per heavy atom. The van der Waals surface area contributed by atoms with Gasteiger partial charge in [-0.3, -0.25) is 0 Å². The Kier molecular flexibility index (Phi) is 3.94. The zero-order chi connectivity index (χ0) is 10.7. The number of hydrogen-bond acceptors (Lipinski definition) is 0. The van der Waals surface area contributed by atoms with Crippen molar-refractivity contribution in [1.29, 1.82) is 0 Å². The van der Waals surface area contributed by atoms with Gasteiger partial charge in [0.15, 0.2) is 0 Å². The van der Waals surface area contributed by atoms with Gasteiger partial charge in [0.25, 0.3) is 0 Å². The molecule has 1 atom stereocenters. The molecule has 1 heteroatoms. The third-order valence-corrected chi connectivity index (χ3v) is 3.17. The predicted octanol–water partition coefficient (Wildman–Crippen LogP) is 4.49. The van der Waals surface area contributed by atoms with Crippen molar-refractivity contribution in [3.05, 3.63) is 40.5 Å². The molecule has 0 aliphatic heterocycles. The van der Waals surface area contributed by atoms with Crippen LogP contribution in [-0.2, 0) is 0 Å². The van der Waals surface area contributed by atoms with Crippen LogP contribution in [0.2, 0.25) is 0 Å². The summed E-state index contributed by atoms with van der Waals surface area (Å²) in [5.74, 6) is 0. The summed E-state index contributed by atoms with van der Waals surface area (Å²) >= 11 is 3.57. The van der Waals surface area contributed by atoms with Crippen LogP contribution in [-0.4, -0.2) is 4.83 Å². The van der Waals surface area contributed by atoms with E-state index in [-0.39, 0.29) is 0 Å². The summed E-state index contributed by atoms with van der Waals surface area (Å²) in [7, 11) is 0. The second-order valence-corrected chi connectivity index (χ2v) is 5.24. The minimum Gasteiger partial charge on any atom is -0.0845 e. The first-order valence-electron chi connectivity index (χ1n) is 4.90. The molecule has 0 aromatic heterocycles. The SMILES string of the molecule is C/C(=C\c1cc(C)ccc1C)C(C)Br. The van der Waals surface area contributed by atoms with Gasteiger partial charge in [-0.05, 0) is 38.8 Å². The minimum absolute atomic E-state index is 0.447. The molecule has 0 amide bonds. The Hall–Kier alpha value is -0.560. The molecule has 76 valence electrons. The Balaban J connectivity index is 3.07. The third-order valence-electron chi connectivity index (χ3n) is 2.45. The first-order chi connectivity index (χ1) is 6.50. The normalized spacial score (nSPS) is 14.2. The molecule has 0 heterocycles. The quantitative estimate of drug-likeness (QED) is 0.681. The first-order valence-corrected chi connectivity index (χ1v) is 5.82. The van der Waals surface area contributed by atoms with Crippen LogP contribution in [0.1, 0.15) is 30.5 Å². The summed E-state index contributed by atoms with van der Waals surface area (Å²) in [6, 6.07) is 6.56. The van der Waals surface area contributed by atoms with E-state index < -0.39 is 0 Å². The zero-order valence-corrected chi connectivity index (χ0v) is 10.9. The summed E-state index contributed by atoms with van der Waals surface area (Å²) in [5, 5.41) is 0. The van der Waals surface area contributed by atoms with Gasteiger partial charge in [-0.15, -0.1) is 0 Å². The molecular weight excluding hydrogens is 236 g/mol. The van der Waals surface area contributed by atoms with Crippen LogP contribution in [0, 0.1) is 13.8 Å². The third kappa shape index (κ3) is 2.98. The number of hydrogen-bond donors (Lipinski definition) is 0. The molecule has 14 heavy (non-hydrogen) atoms. The van der Waals surface area contributed by atoms with E-state index >= 15 is 0 Å². The van der Waals surface area contributed by atoms with Crippen molar-refractivity contribution >= 4 is 22.0 Å². The number of halogens is 1. The molecule has 0 N–H and O–H groups in total. The highest BCUT2D eigenvalue weighted by Crippen LogP contribution is 2.18. The van der Waals surface area contributed by atoms with Crippen LogP contribution < -0.4 is 0 Å². The van der Waals surface area contributed by atoms with Crippen molar-refractivity contribution in [3.8, 4) is 0 Å². The van der Waals surface area contributed by atoms with Crippen LogP contribution in [0.25, 0.3) is 6.08 Å². The highest BCUT2D eigenvalue weighted by molar-refractivity contribution is 9.09. The lowest BCUT2D eigenvalue weighted by molar-refractivity contribution is 1.15. The molecule has 0 saturated heterocycles. The van der Waals surface area contributed by atoms with Crippen molar-refractivity contribution in [2.45, 2.75) is 32.5 Å². The van der Waals surface area contributed by atoms with Crippen LogP contribution in [0.3, 0.4) is 0 Å². The average molecular weight is 253 g/mol. The Morgan fingerprint density at radius 1 is 1.36 bits per heavy atom. The minimum atomic E-state index is 0.447. The topological polar surface area (TPSA) is 0 Å². The fraction of sp³-hybridized carbons (Fsp3) is 0.385. The molecule has 0 aliphatic carbocycles. The molecule has 0 aliphatic rings. The average Bonchev–Trinajstić information content (AvgIpc) is 2.11. The maximum absolute atomic E-state index is 3.57. The van der Waals surface area contributed by atoms with Gasteiger partial charge < -0.3 is 0 Å². The van der Waals surface area contributed by atoms with E-state index in [4.69, 9.17) is 0 Å². The van der Waals surface area contributed by atoms with Crippen LogP contribution in [0.5, 0.6) is 0 Å². The molecule has 0 nitrogen and oxygen atoms in total. The highest BCUT2D eigenvalue weighted by atomic mass is 79.9. The van der Waals surface area contributed by atoms with Gasteiger partial charge >= 0.3 is 0 Å². The van der Waals surface area contributed by atoms with Crippen molar-refractivity contribution in [2.75, 3.05) is 0 Å². The molecule has 0 radical (unpaired) electrons. The van der Waals surface area contributed by atoms with Crippen molar-refractivity contribution < 1.29 is 0 Å². The second kappa shape index (κ2) is 4.79. The molecule has 0 spiro atoms. The van der Waals surface area contributed by atoms with E-state index in [1.165, 1.54) is 22.3 Å². The maximum Gasteiger partial charge on any atom is 0.0326 e. The summed E-state index contributed by atoms with van der Waals surface area (Å²) in [5.41, 5.74) is 5.34. The second-order valence-electron chi connectivity index (χ2n) is 3.86. The molecule has 0 fully saturated rings. The number of benzene rings is 1. The van der Waals surface area contributed by atoms with Crippen LogP contribution >= 0.6 is 15.9 Å². The van der Waals surface area contributed by atoms with Crippen LogP contribution in [0.15, 0.2) is 23.8 Å². The largest absolute Gasteiger partial charge is 0.0845 e. The van der Waals surface area contributed by atoms with E-state index in [0.717, 1.165) is 0 Å². The van der Waals surface area contributed by atoms with Gasteiger partial charge in [0, 0.05) is 4.83 Å². The first kappa shape index (κ1) is 11.5. The lowest BCUT2D eigenvalue weighted by Crippen LogP contribution is -1.92. The number of aryl methyl sites for hydroxylation is 2. The predicted molar refractivity (Wildman–Crippen MR) is 68.0 cm³/mol. The maximum atomic E-state index is 3.57. The number of alkyl halides is 1. The fourth-order valence-electron chi connectivity index (χ4n) is 1.28. The molecule has 0 saturated carbocycles.